The molecule has 1 aliphatic heterocycles. The third-order valence-electron chi connectivity index (χ3n) is 5.20. The van der Waals surface area contributed by atoms with Crippen molar-refractivity contribution >= 4 is 22.8 Å². The summed E-state index contributed by atoms with van der Waals surface area (Å²) in [5.41, 5.74) is 0.972. The summed E-state index contributed by atoms with van der Waals surface area (Å²) < 4.78 is 3.05. The van der Waals surface area contributed by atoms with E-state index in [0.29, 0.717) is 34.5 Å². The standard InChI is InChI=1S/C20H21N5O3/c1-5-24-17(22-16-14(18(24)26)10-21-23(16)4)15(11(2)3)25-19(27)12-8-6-7-9-13(12)20(25)28/h6-11,15H,5H2,1-4H3. The zero-order chi connectivity index (χ0) is 20.2. The second-order valence-electron chi connectivity index (χ2n) is 7.24. The predicted octanol–water partition coefficient (Wildman–Crippen LogP) is 2.14. The summed E-state index contributed by atoms with van der Waals surface area (Å²) in [6, 6.07) is 6.11. The maximum Gasteiger partial charge on any atom is 0.264 e. The largest absolute Gasteiger partial charge is 0.294 e. The molecule has 1 aromatic carbocycles. The van der Waals surface area contributed by atoms with Crippen LogP contribution in [0.2, 0.25) is 0 Å². The zero-order valence-corrected chi connectivity index (χ0v) is 16.2. The molecule has 2 amide bonds. The van der Waals surface area contributed by atoms with Gasteiger partial charge in [-0.2, -0.15) is 5.10 Å². The van der Waals surface area contributed by atoms with Crippen LogP contribution in [0.25, 0.3) is 11.0 Å². The fourth-order valence-electron chi connectivity index (χ4n) is 3.84. The molecule has 1 aliphatic rings. The van der Waals surface area contributed by atoms with Crippen LogP contribution in [0.5, 0.6) is 0 Å². The molecule has 2 aromatic heterocycles. The second kappa shape index (κ2) is 6.40. The lowest BCUT2D eigenvalue weighted by atomic mass is 10.0. The van der Waals surface area contributed by atoms with E-state index in [9.17, 15) is 14.4 Å². The molecule has 0 bridgehead atoms. The van der Waals surface area contributed by atoms with Crippen LogP contribution < -0.4 is 5.56 Å². The van der Waals surface area contributed by atoms with Crippen molar-refractivity contribution in [2.45, 2.75) is 33.4 Å². The molecule has 1 atom stereocenters. The Kier molecular flexibility index (Phi) is 4.14. The van der Waals surface area contributed by atoms with Crippen LogP contribution in [0.1, 0.15) is 53.4 Å². The van der Waals surface area contributed by atoms with Crippen molar-refractivity contribution in [3.63, 3.8) is 0 Å². The van der Waals surface area contributed by atoms with Crippen LogP contribution in [-0.2, 0) is 13.6 Å². The van der Waals surface area contributed by atoms with Gasteiger partial charge in [0.1, 0.15) is 17.3 Å². The minimum Gasteiger partial charge on any atom is -0.294 e. The number of fused-ring (bicyclic) bond motifs is 2. The Morgan fingerprint density at radius 1 is 1.04 bits per heavy atom. The van der Waals surface area contributed by atoms with Crippen molar-refractivity contribution < 1.29 is 9.59 Å². The van der Waals surface area contributed by atoms with Gasteiger partial charge in [0, 0.05) is 13.6 Å². The first-order valence-electron chi connectivity index (χ1n) is 9.26. The van der Waals surface area contributed by atoms with Crippen molar-refractivity contribution in [1.82, 2.24) is 24.2 Å². The van der Waals surface area contributed by atoms with Crippen molar-refractivity contribution in [2.24, 2.45) is 13.0 Å². The Hall–Kier alpha value is -3.29. The number of hydrogen-bond acceptors (Lipinski definition) is 5. The van der Waals surface area contributed by atoms with E-state index in [1.54, 1.807) is 31.3 Å². The number of imide groups is 1. The van der Waals surface area contributed by atoms with Crippen LogP contribution in [0.3, 0.4) is 0 Å². The third kappa shape index (κ3) is 2.41. The van der Waals surface area contributed by atoms with Gasteiger partial charge in [0.2, 0.25) is 0 Å². The van der Waals surface area contributed by atoms with E-state index in [2.05, 4.69) is 10.1 Å². The van der Waals surface area contributed by atoms with Gasteiger partial charge < -0.3 is 0 Å². The molecule has 0 saturated heterocycles. The number of aromatic nitrogens is 4. The maximum absolute atomic E-state index is 13.1. The third-order valence-corrected chi connectivity index (χ3v) is 5.20. The second-order valence-corrected chi connectivity index (χ2v) is 7.24. The Labute approximate surface area is 161 Å². The van der Waals surface area contributed by atoms with Gasteiger partial charge in [-0.3, -0.25) is 28.5 Å². The van der Waals surface area contributed by atoms with Crippen molar-refractivity contribution in [1.29, 1.82) is 0 Å². The normalized spacial score (nSPS) is 15.0. The number of amides is 2. The number of nitrogens with zero attached hydrogens (tertiary/aromatic N) is 5. The molecule has 3 heterocycles. The van der Waals surface area contributed by atoms with E-state index in [4.69, 9.17) is 0 Å². The molecule has 1 unspecified atom stereocenters. The highest BCUT2D eigenvalue weighted by molar-refractivity contribution is 6.21. The summed E-state index contributed by atoms with van der Waals surface area (Å²) in [5, 5.41) is 4.55. The summed E-state index contributed by atoms with van der Waals surface area (Å²) >= 11 is 0. The number of carbonyl (C=O) groups excluding carboxylic acids is 2. The van der Waals surface area contributed by atoms with Crippen molar-refractivity contribution in [3.8, 4) is 0 Å². The molecule has 0 aliphatic carbocycles. The average Bonchev–Trinajstić information content (AvgIpc) is 3.16. The molecule has 0 spiro atoms. The predicted molar refractivity (Wildman–Crippen MR) is 103 cm³/mol. The van der Waals surface area contributed by atoms with Gasteiger partial charge >= 0.3 is 0 Å². The van der Waals surface area contributed by atoms with Gasteiger partial charge in [-0.25, -0.2) is 4.98 Å². The van der Waals surface area contributed by atoms with E-state index in [0.717, 1.165) is 0 Å². The average molecular weight is 379 g/mol. The molecule has 3 aromatic rings. The van der Waals surface area contributed by atoms with Gasteiger partial charge in [-0.05, 0) is 25.0 Å². The van der Waals surface area contributed by atoms with Crippen LogP contribution in [-0.4, -0.2) is 36.0 Å². The summed E-state index contributed by atoms with van der Waals surface area (Å²) in [5.74, 6) is -0.465. The summed E-state index contributed by atoms with van der Waals surface area (Å²) in [6.45, 7) is 6.04. The van der Waals surface area contributed by atoms with Crippen molar-refractivity contribution in [3.05, 3.63) is 57.8 Å². The lowest BCUT2D eigenvalue weighted by Gasteiger charge is -2.30. The molecule has 8 nitrogen and oxygen atoms in total. The first kappa shape index (κ1) is 18.1. The van der Waals surface area contributed by atoms with Gasteiger partial charge in [0.25, 0.3) is 17.4 Å². The smallest absolute Gasteiger partial charge is 0.264 e. The van der Waals surface area contributed by atoms with Crippen molar-refractivity contribution in [2.75, 3.05) is 0 Å². The lowest BCUT2D eigenvalue weighted by Crippen LogP contribution is -2.40. The molecule has 4 rings (SSSR count). The molecule has 0 fully saturated rings. The van der Waals surface area contributed by atoms with E-state index in [-0.39, 0.29) is 23.3 Å². The Morgan fingerprint density at radius 2 is 1.64 bits per heavy atom. The zero-order valence-electron chi connectivity index (χ0n) is 16.2. The minimum absolute atomic E-state index is 0.141. The summed E-state index contributed by atoms with van der Waals surface area (Å²) in [7, 11) is 1.71. The first-order valence-corrected chi connectivity index (χ1v) is 9.26. The van der Waals surface area contributed by atoms with E-state index in [1.807, 2.05) is 20.8 Å². The van der Waals surface area contributed by atoms with E-state index >= 15 is 0 Å². The molecular formula is C20H21N5O3. The summed E-state index contributed by atoms with van der Waals surface area (Å²) in [4.78, 5) is 45.0. The molecular weight excluding hydrogens is 358 g/mol. The SMILES string of the molecule is CCn1c(C(C(C)C)N2C(=O)c3ccccc3C2=O)nc2c(cnn2C)c1=O. The molecule has 144 valence electrons. The molecule has 0 radical (unpaired) electrons. The van der Waals surface area contributed by atoms with Crippen LogP contribution in [0.4, 0.5) is 0 Å². The Morgan fingerprint density at radius 3 is 2.18 bits per heavy atom. The van der Waals surface area contributed by atoms with Crippen LogP contribution in [0, 0.1) is 5.92 Å². The number of carbonyl (C=O) groups is 2. The van der Waals surface area contributed by atoms with Gasteiger partial charge in [0.15, 0.2) is 5.65 Å². The highest BCUT2D eigenvalue weighted by Crippen LogP contribution is 2.35. The van der Waals surface area contributed by atoms with Crippen LogP contribution >= 0.6 is 0 Å². The Balaban J connectivity index is 1.96. The Bertz CT molecular complexity index is 1140. The highest BCUT2D eigenvalue weighted by atomic mass is 16.2. The lowest BCUT2D eigenvalue weighted by molar-refractivity contribution is 0.0523. The molecule has 28 heavy (non-hydrogen) atoms. The van der Waals surface area contributed by atoms with Crippen LogP contribution in [0.15, 0.2) is 35.3 Å². The molecule has 0 N–H and O–H groups in total. The number of hydrogen-bond donors (Lipinski definition) is 0. The van der Waals surface area contributed by atoms with Gasteiger partial charge in [-0.15, -0.1) is 0 Å². The number of aryl methyl sites for hydroxylation is 1. The minimum atomic E-state index is -0.667. The topological polar surface area (TPSA) is 90.1 Å². The van der Waals surface area contributed by atoms with Gasteiger partial charge in [0.05, 0.1) is 17.3 Å². The first-order chi connectivity index (χ1) is 13.4. The van der Waals surface area contributed by atoms with E-state index in [1.165, 1.54) is 20.3 Å². The fourth-order valence-corrected chi connectivity index (χ4v) is 3.84. The fraction of sp³-hybridized carbons (Fsp3) is 0.350. The number of rotatable bonds is 4. The highest BCUT2D eigenvalue weighted by Gasteiger charge is 2.43. The summed E-state index contributed by atoms with van der Waals surface area (Å²) in [6.07, 6.45) is 1.49. The molecule has 8 heteroatoms. The molecule has 0 saturated carbocycles. The monoisotopic (exact) mass is 379 g/mol. The van der Waals surface area contributed by atoms with Gasteiger partial charge in [-0.1, -0.05) is 26.0 Å². The van der Waals surface area contributed by atoms with E-state index < -0.39 is 6.04 Å². The number of benzene rings is 1. The quantitative estimate of drug-likeness (QED) is 0.648. The maximum atomic E-state index is 13.1.